The SMILES string of the molecule is CCC(CCCCO)Nc1nc(N)nc(C)c1C#CCNC(=O)O. The second-order valence-electron chi connectivity index (χ2n) is 5.32. The van der Waals surface area contributed by atoms with Gasteiger partial charge in [0.2, 0.25) is 5.95 Å². The molecule has 0 aliphatic rings. The van der Waals surface area contributed by atoms with Crippen LogP contribution in [-0.2, 0) is 0 Å². The van der Waals surface area contributed by atoms with E-state index in [-0.39, 0.29) is 25.1 Å². The number of amides is 1. The highest BCUT2D eigenvalue weighted by atomic mass is 16.4. The summed E-state index contributed by atoms with van der Waals surface area (Å²) in [4.78, 5) is 18.8. The molecule has 0 bridgehead atoms. The molecule has 0 radical (unpaired) electrons. The van der Waals surface area contributed by atoms with Crippen molar-refractivity contribution in [2.24, 2.45) is 0 Å². The van der Waals surface area contributed by atoms with Gasteiger partial charge in [-0.25, -0.2) is 9.78 Å². The zero-order chi connectivity index (χ0) is 17.9. The van der Waals surface area contributed by atoms with Gasteiger partial charge in [-0.2, -0.15) is 4.98 Å². The lowest BCUT2D eigenvalue weighted by atomic mass is 10.1. The maximum atomic E-state index is 10.4. The quantitative estimate of drug-likeness (QED) is 0.357. The Balaban J connectivity index is 2.92. The van der Waals surface area contributed by atoms with Gasteiger partial charge in [0.05, 0.1) is 17.8 Å². The molecule has 1 aromatic heterocycles. The zero-order valence-electron chi connectivity index (χ0n) is 14.1. The van der Waals surface area contributed by atoms with Crippen LogP contribution in [0.15, 0.2) is 0 Å². The molecule has 0 spiro atoms. The Hall–Kier alpha value is -2.53. The number of aliphatic hydroxyl groups excluding tert-OH is 1. The first-order valence-corrected chi connectivity index (χ1v) is 7.95. The number of aromatic nitrogens is 2. The van der Waals surface area contributed by atoms with E-state index in [0.29, 0.717) is 17.1 Å². The van der Waals surface area contributed by atoms with Gasteiger partial charge in [-0.3, -0.25) is 0 Å². The molecule has 0 aromatic carbocycles. The molecule has 0 fully saturated rings. The van der Waals surface area contributed by atoms with Gasteiger partial charge >= 0.3 is 6.09 Å². The Bertz CT molecular complexity index is 610. The average molecular weight is 335 g/mol. The molecule has 1 atom stereocenters. The van der Waals surface area contributed by atoms with Gasteiger partial charge in [0, 0.05) is 12.6 Å². The molecule has 8 nitrogen and oxygen atoms in total. The minimum absolute atomic E-state index is 0.0201. The van der Waals surface area contributed by atoms with Crippen molar-refractivity contribution in [3.8, 4) is 11.8 Å². The Morgan fingerprint density at radius 1 is 1.38 bits per heavy atom. The smallest absolute Gasteiger partial charge is 0.405 e. The van der Waals surface area contributed by atoms with Gasteiger partial charge in [0.1, 0.15) is 5.82 Å². The number of hydrogen-bond donors (Lipinski definition) is 5. The van der Waals surface area contributed by atoms with Crippen molar-refractivity contribution in [1.82, 2.24) is 15.3 Å². The fourth-order valence-corrected chi connectivity index (χ4v) is 2.18. The summed E-state index contributed by atoms with van der Waals surface area (Å²) >= 11 is 0. The van der Waals surface area contributed by atoms with Crippen LogP contribution in [-0.4, -0.2) is 45.5 Å². The van der Waals surface area contributed by atoms with Crippen molar-refractivity contribution in [2.75, 3.05) is 24.2 Å². The summed E-state index contributed by atoms with van der Waals surface area (Å²) in [6.45, 7) is 4.05. The van der Waals surface area contributed by atoms with Crippen LogP contribution in [0.5, 0.6) is 0 Å². The van der Waals surface area contributed by atoms with Gasteiger partial charge in [-0.05, 0) is 32.6 Å². The van der Waals surface area contributed by atoms with Gasteiger partial charge in [0.25, 0.3) is 0 Å². The largest absolute Gasteiger partial charge is 0.465 e. The highest BCUT2D eigenvalue weighted by Crippen LogP contribution is 2.19. The number of aliphatic hydroxyl groups is 1. The molecule has 1 unspecified atom stereocenters. The molecular weight excluding hydrogens is 310 g/mol. The molecule has 1 rings (SSSR count). The first-order valence-electron chi connectivity index (χ1n) is 7.95. The third-order valence-corrected chi connectivity index (χ3v) is 3.44. The second-order valence-corrected chi connectivity index (χ2v) is 5.32. The van der Waals surface area contributed by atoms with Crippen LogP contribution in [0, 0.1) is 18.8 Å². The van der Waals surface area contributed by atoms with E-state index in [0.717, 1.165) is 25.7 Å². The van der Waals surface area contributed by atoms with Crippen molar-refractivity contribution < 1.29 is 15.0 Å². The van der Waals surface area contributed by atoms with Crippen molar-refractivity contribution in [1.29, 1.82) is 0 Å². The van der Waals surface area contributed by atoms with Crippen molar-refractivity contribution >= 4 is 17.9 Å². The van der Waals surface area contributed by atoms with E-state index in [1.165, 1.54) is 0 Å². The Kier molecular flexibility index (Phi) is 8.36. The summed E-state index contributed by atoms with van der Waals surface area (Å²) in [6.07, 6.45) is 2.33. The van der Waals surface area contributed by atoms with Gasteiger partial charge in [0.15, 0.2) is 0 Å². The maximum Gasteiger partial charge on any atom is 0.405 e. The number of nitrogen functional groups attached to an aromatic ring is 1. The fraction of sp³-hybridized carbons (Fsp3) is 0.562. The summed E-state index contributed by atoms with van der Waals surface area (Å²) in [7, 11) is 0. The third kappa shape index (κ3) is 6.71. The van der Waals surface area contributed by atoms with E-state index in [1.807, 2.05) is 0 Å². The molecule has 0 aliphatic heterocycles. The molecule has 1 amide bonds. The highest BCUT2D eigenvalue weighted by molar-refractivity contribution is 5.65. The summed E-state index contributed by atoms with van der Waals surface area (Å²) in [5, 5.41) is 23.0. The molecule has 6 N–H and O–H groups in total. The Labute approximate surface area is 141 Å². The van der Waals surface area contributed by atoms with E-state index in [2.05, 4.69) is 39.4 Å². The zero-order valence-corrected chi connectivity index (χ0v) is 14.1. The molecule has 132 valence electrons. The second kappa shape index (κ2) is 10.3. The number of nitrogens with zero attached hydrogens (tertiary/aromatic N) is 2. The number of rotatable bonds is 8. The topological polar surface area (TPSA) is 133 Å². The lowest BCUT2D eigenvalue weighted by Crippen LogP contribution is -2.21. The summed E-state index contributed by atoms with van der Waals surface area (Å²) < 4.78 is 0. The highest BCUT2D eigenvalue weighted by Gasteiger charge is 2.13. The van der Waals surface area contributed by atoms with E-state index in [9.17, 15) is 4.79 Å². The molecule has 0 saturated heterocycles. The predicted molar refractivity (Wildman–Crippen MR) is 92.7 cm³/mol. The molecule has 24 heavy (non-hydrogen) atoms. The lowest BCUT2D eigenvalue weighted by molar-refractivity contribution is 0.196. The van der Waals surface area contributed by atoms with Crippen LogP contribution in [0.3, 0.4) is 0 Å². The van der Waals surface area contributed by atoms with Crippen LogP contribution >= 0.6 is 0 Å². The van der Waals surface area contributed by atoms with Gasteiger partial charge < -0.3 is 26.6 Å². The molecule has 0 aliphatic carbocycles. The molecule has 1 heterocycles. The van der Waals surface area contributed by atoms with E-state index < -0.39 is 6.09 Å². The first kappa shape index (κ1) is 19.5. The maximum absolute atomic E-state index is 10.4. The van der Waals surface area contributed by atoms with Crippen LogP contribution < -0.4 is 16.4 Å². The summed E-state index contributed by atoms with van der Waals surface area (Å²) in [5.74, 6) is 6.36. The molecular formula is C16H25N5O3. The number of carboxylic acid groups (broad SMARTS) is 1. The Morgan fingerprint density at radius 2 is 2.12 bits per heavy atom. The minimum Gasteiger partial charge on any atom is -0.465 e. The average Bonchev–Trinajstić information content (AvgIpc) is 2.52. The normalized spacial score (nSPS) is 11.3. The number of unbranched alkanes of at least 4 members (excludes halogenated alkanes) is 1. The lowest BCUT2D eigenvalue weighted by Gasteiger charge is -2.19. The van der Waals surface area contributed by atoms with Crippen molar-refractivity contribution in [3.05, 3.63) is 11.3 Å². The van der Waals surface area contributed by atoms with E-state index in [4.69, 9.17) is 15.9 Å². The fourth-order valence-electron chi connectivity index (χ4n) is 2.18. The number of anilines is 2. The van der Waals surface area contributed by atoms with Crippen molar-refractivity contribution in [3.63, 3.8) is 0 Å². The summed E-state index contributed by atoms with van der Waals surface area (Å²) in [6, 6.07) is 0.183. The molecule has 1 aromatic rings. The number of aryl methyl sites for hydroxylation is 1. The standard InChI is InChI=1S/C16H25N5O3/c1-3-12(7-4-5-10-22)20-14-13(8-6-9-18-16(23)24)11(2)19-15(17)21-14/h12,18,22H,3-5,7,9-10H2,1-2H3,(H,23,24)(H3,17,19,20,21). The van der Waals surface area contributed by atoms with Crippen molar-refractivity contribution in [2.45, 2.75) is 45.6 Å². The van der Waals surface area contributed by atoms with E-state index in [1.54, 1.807) is 6.92 Å². The first-order chi connectivity index (χ1) is 11.5. The van der Waals surface area contributed by atoms with Crippen LogP contribution in [0.2, 0.25) is 0 Å². The Morgan fingerprint density at radius 3 is 2.75 bits per heavy atom. The number of nitrogens with one attached hydrogen (secondary N) is 2. The van der Waals surface area contributed by atoms with E-state index >= 15 is 0 Å². The van der Waals surface area contributed by atoms with Crippen LogP contribution in [0.1, 0.15) is 43.9 Å². The third-order valence-electron chi connectivity index (χ3n) is 3.44. The summed E-state index contributed by atoms with van der Waals surface area (Å²) in [5.41, 5.74) is 6.97. The number of hydrogen-bond acceptors (Lipinski definition) is 6. The molecule has 8 heteroatoms. The number of nitrogens with two attached hydrogens (primary N) is 1. The predicted octanol–water partition coefficient (Wildman–Crippen LogP) is 1.34. The van der Waals surface area contributed by atoms with Gasteiger partial charge in [-0.15, -0.1) is 0 Å². The minimum atomic E-state index is -1.12. The number of carbonyl (C=O) groups is 1. The monoisotopic (exact) mass is 335 g/mol. The van der Waals surface area contributed by atoms with Gasteiger partial charge in [-0.1, -0.05) is 18.8 Å². The van der Waals surface area contributed by atoms with Crippen LogP contribution in [0.4, 0.5) is 16.6 Å². The molecule has 0 saturated carbocycles. The van der Waals surface area contributed by atoms with Crippen LogP contribution in [0.25, 0.3) is 0 Å².